The fourth-order valence-corrected chi connectivity index (χ4v) is 4.02. The van der Waals surface area contributed by atoms with Crippen LogP contribution in [0.4, 0.5) is 11.4 Å². The van der Waals surface area contributed by atoms with Crippen molar-refractivity contribution in [1.82, 2.24) is 9.88 Å². The second-order valence-electron chi connectivity index (χ2n) is 8.40. The summed E-state index contributed by atoms with van der Waals surface area (Å²) in [6, 6.07) is 17.8. The zero-order chi connectivity index (χ0) is 23.9. The van der Waals surface area contributed by atoms with Crippen LogP contribution in [0, 0.1) is 5.92 Å². The van der Waals surface area contributed by atoms with Crippen LogP contribution in [0.3, 0.4) is 0 Å². The second-order valence-corrected chi connectivity index (χ2v) is 8.40. The Kier molecular flexibility index (Phi) is 7.29. The van der Waals surface area contributed by atoms with E-state index in [-0.39, 0.29) is 23.6 Å². The Labute approximate surface area is 198 Å². The third-order valence-electron chi connectivity index (χ3n) is 5.83. The Morgan fingerprint density at radius 1 is 0.941 bits per heavy atom. The fourth-order valence-electron chi connectivity index (χ4n) is 4.02. The summed E-state index contributed by atoms with van der Waals surface area (Å²) >= 11 is 0. The lowest BCUT2D eigenvalue weighted by Gasteiger charge is -2.31. The Balaban J connectivity index is 1.34. The second kappa shape index (κ2) is 10.7. The molecule has 174 valence electrons. The first-order valence-electron chi connectivity index (χ1n) is 11.2. The Hall–Kier alpha value is -4.04. The number of amides is 3. The molecule has 1 aliphatic heterocycles. The average Bonchev–Trinajstić information content (AvgIpc) is 2.86. The molecular formula is C26H27N5O3. The maximum atomic E-state index is 12.7. The van der Waals surface area contributed by atoms with Gasteiger partial charge in [-0.15, -0.1) is 0 Å². The zero-order valence-electron chi connectivity index (χ0n) is 18.7. The molecule has 8 nitrogen and oxygen atoms in total. The van der Waals surface area contributed by atoms with Gasteiger partial charge in [-0.25, -0.2) is 0 Å². The van der Waals surface area contributed by atoms with Gasteiger partial charge in [-0.1, -0.05) is 18.2 Å². The average molecular weight is 458 g/mol. The van der Waals surface area contributed by atoms with Crippen molar-refractivity contribution in [2.75, 3.05) is 23.7 Å². The highest BCUT2D eigenvalue weighted by Gasteiger charge is 2.23. The predicted octanol–water partition coefficient (Wildman–Crippen LogP) is 3.28. The molecule has 1 unspecified atom stereocenters. The van der Waals surface area contributed by atoms with Crippen LogP contribution < -0.4 is 16.4 Å². The molecule has 1 aromatic heterocycles. The lowest BCUT2D eigenvalue weighted by atomic mass is 9.97. The summed E-state index contributed by atoms with van der Waals surface area (Å²) in [4.78, 5) is 42.7. The molecular weight excluding hydrogens is 430 g/mol. The van der Waals surface area contributed by atoms with Gasteiger partial charge in [-0.05, 0) is 67.4 Å². The highest BCUT2D eigenvalue weighted by atomic mass is 16.2. The van der Waals surface area contributed by atoms with Crippen molar-refractivity contribution in [3.05, 3.63) is 89.7 Å². The summed E-state index contributed by atoms with van der Waals surface area (Å²) in [5, 5.41) is 5.67. The quantitative estimate of drug-likeness (QED) is 0.503. The standard InChI is InChI=1S/C26H27N5O3/c27-24(32)21-6-3-13-31(17-21)16-18-8-10-22(11-9-18)29-25(33)19-4-1-7-23(14-19)30-26(34)20-5-2-12-28-15-20/h1-2,4-5,7-12,14-15,21H,3,6,13,16-17H2,(H2,27,32)(H,29,33)(H,30,34). The number of nitrogens with zero attached hydrogens (tertiary/aromatic N) is 2. The molecule has 4 N–H and O–H groups in total. The molecule has 0 radical (unpaired) electrons. The number of primary amides is 1. The summed E-state index contributed by atoms with van der Waals surface area (Å²) in [5.41, 5.74) is 8.63. The van der Waals surface area contributed by atoms with Gasteiger partial charge in [0.2, 0.25) is 5.91 Å². The Bertz CT molecular complexity index is 1160. The topological polar surface area (TPSA) is 117 Å². The number of carbonyl (C=O) groups is 3. The van der Waals surface area contributed by atoms with Crippen molar-refractivity contribution in [2.24, 2.45) is 11.7 Å². The highest BCUT2D eigenvalue weighted by molar-refractivity contribution is 6.07. The number of hydrogen-bond acceptors (Lipinski definition) is 5. The van der Waals surface area contributed by atoms with Gasteiger partial charge < -0.3 is 16.4 Å². The molecule has 0 bridgehead atoms. The molecule has 3 aromatic rings. The molecule has 8 heteroatoms. The zero-order valence-corrected chi connectivity index (χ0v) is 18.7. The van der Waals surface area contributed by atoms with E-state index in [4.69, 9.17) is 5.73 Å². The minimum absolute atomic E-state index is 0.0859. The summed E-state index contributed by atoms with van der Waals surface area (Å²) in [6.07, 6.45) is 4.90. The van der Waals surface area contributed by atoms with Gasteiger partial charge >= 0.3 is 0 Å². The van der Waals surface area contributed by atoms with E-state index in [1.165, 1.54) is 6.20 Å². The van der Waals surface area contributed by atoms with E-state index >= 15 is 0 Å². The number of likely N-dealkylation sites (tertiary alicyclic amines) is 1. The summed E-state index contributed by atoms with van der Waals surface area (Å²) in [5.74, 6) is -0.886. The number of rotatable bonds is 7. The maximum absolute atomic E-state index is 12.7. The van der Waals surface area contributed by atoms with E-state index in [9.17, 15) is 14.4 Å². The normalized spacial score (nSPS) is 15.9. The number of anilines is 2. The van der Waals surface area contributed by atoms with E-state index in [2.05, 4.69) is 20.5 Å². The van der Waals surface area contributed by atoms with Crippen molar-refractivity contribution >= 4 is 29.1 Å². The van der Waals surface area contributed by atoms with Crippen LogP contribution in [0.5, 0.6) is 0 Å². The smallest absolute Gasteiger partial charge is 0.257 e. The van der Waals surface area contributed by atoms with E-state index < -0.39 is 0 Å². The molecule has 4 rings (SSSR count). The lowest BCUT2D eigenvalue weighted by molar-refractivity contribution is -0.123. The molecule has 2 aromatic carbocycles. The van der Waals surface area contributed by atoms with Gasteiger partial charge in [0.1, 0.15) is 0 Å². The van der Waals surface area contributed by atoms with Crippen molar-refractivity contribution in [1.29, 1.82) is 0 Å². The molecule has 1 fully saturated rings. The van der Waals surface area contributed by atoms with Crippen molar-refractivity contribution < 1.29 is 14.4 Å². The molecule has 0 spiro atoms. The number of pyridine rings is 1. The van der Waals surface area contributed by atoms with Crippen LogP contribution in [-0.2, 0) is 11.3 Å². The fraction of sp³-hybridized carbons (Fsp3) is 0.231. The third-order valence-corrected chi connectivity index (χ3v) is 5.83. The molecule has 34 heavy (non-hydrogen) atoms. The number of hydrogen-bond donors (Lipinski definition) is 3. The van der Waals surface area contributed by atoms with Crippen LogP contribution in [0.15, 0.2) is 73.1 Å². The molecule has 1 saturated heterocycles. The first-order chi connectivity index (χ1) is 16.5. The molecule has 0 saturated carbocycles. The van der Waals surface area contributed by atoms with Crippen LogP contribution in [0.1, 0.15) is 39.1 Å². The highest BCUT2D eigenvalue weighted by Crippen LogP contribution is 2.20. The van der Waals surface area contributed by atoms with E-state index in [0.29, 0.717) is 29.0 Å². The third kappa shape index (κ3) is 6.05. The van der Waals surface area contributed by atoms with E-state index in [1.807, 2.05) is 24.3 Å². The van der Waals surface area contributed by atoms with E-state index in [0.717, 1.165) is 31.5 Å². The number of piperidine rings is 1. The minimum atomic E-state index is -0.294. The molecule has 1 atom stereocenters. The molecule has 1 aliphatic rings. The van der Waals surface area contributed by atoms with Gasteiger partial charge in [0.05, 0.1) is 11.5 Å². The number of nitrogens with two attached hydrogens (primary N) is 1. The molecule has 0 aliphatic carbocycles. The summed E-state index contributed by atoms with van der Waals surface area (Å²) in [6.45, 7) is 2.36. The predicted molar refractivity (Wildman–Crippen MR) is 130 cm³/mol. The minimum Gasteiger partial charge on any atom is -0.369 e. The first kappa shape index (κ1) is 23.1. The molecule has 3 amide bonds. The van der Waals surface area contributed by atoms with Crippen molar-refractivity contribution in [2.45, 2.75) is 19.4 Å². The monoisotopic (exact) mass is 457 g/mol. The van der Waals surface area contributed by atoms with Crippen molar-refractivity contribution in [3.8, 4) is 0 Å². The van der Waals surface area contributed by atoms with Crippen LogP contribution >= 0.6 is 0 Å². The lowest BCUT2D eigenvalue weighted by Crippen LogP contribution is -2.40. The first-order valence-corrected chi connectivity index (χ1v) is 11.2. The Morgan fingerprint density at radius 3 is 2.41 bits per heavy atom. The largest absolute Gasteiger partial charge is 0.369 e. The van der Waals surface area contributed by atoms with Crippen molar-refractivity contribution in [3.63, 3.8) is 0 Å². The van der Waals surface area contributed by atoms with E-state index in [1.54, 1.807) is 42.6 Å². The van der Waals surface area contributed by atoms with Gasteiger partial charge in [-0.3, -0.25) is 24.3 Å². The van der Waals surface area contributed by atoms with Crippen LogP contribution in [0.25, 0.3) is 0 Å². The number of carbonyl (C=O) groups excluding carboxylic acids is 3. The number of aromatic nitrogens is 1. The molecule has 2 heterocycles. The Morgan fingerprint density at radius 2 is 1.68 bits per heavy atom. The number of nitrogens with one attached hydrogen (secondary N) is 2. The maximum Gasteiger partial charge on any atom is 0.257 e. The van der Waals surface area contributed by atoms with Gasteiger partial charge in [0, 0.05) is 42.4 Å². The summed E-state index contributed by atoms with van der Waals surface area (Å²) in [7, 11) is 0. The van der Waals surface area contributed by atoms with Gasteiger partial charge in [0.15, 0.2) is 0 Å². The summed E-state index contributed by atoms with van der Waals surface area (Å²) < 4.78 is 0. The van der Waals surface area contributed by atoms with Gasteiger partial charge in [-0.2, -0.15) is 0 Å². The van der Waals surface area contributed by atoms with Crippen LogP contribution in [0.2, 0.25) is 0 Å². The number of benzene rings is 2. The van der Waals surface area contributed by atoms with Gasteiger partial charge in [0.25, 0.3) is 11.8 Å². The SMILES string of the molecule is NC(=O)C1CCCN(Cc2ccc(NC(=O)c3cccc(NC(=O)c4cccnc4)c3)cc2)C1. The van der Waals surface area contributed by atoms with Crippen LogP contribution in [-0.4, -0.2) is 40.7 Å².